The number of carbonyl (C=O) groups excluding carboxylic acids is 1. The predicted octanol–water partition coefficient (Wildman–Crippen LogP) is 1.63. The van der Waals surface area contributed by atoms with Crippen LogP contribution in [0.25, 0.3) is 0 Å². The van der Waals surface area contributed by atoms with Gasteiger partial charge in [0.25, 0.3) is 0 Å². The van der Waals surface area contributed by atoms with Gasteiger partial charge in [-0.25, -0.2) is 0 Å². The van der Waals surface area contributed by atoms with Crippen molar-refractivity contribution < 1.29 is 9.53 Å². The summed E-state index contributed by atoms with van der Waals surface area (Å²) in [4.78, 5) is 11.1. The zero-order valence-electron chi connectivity index (χ0n) is 7.92. The van der Waals surface area contributed by atoms with Crippen molar-refractivity contribution in [1.29, 1.82) is 0 Å². The first-order valence-corrected chi connectivity index (χ1v) is 4.71. The molecule has 0 spiro atoms. The van der Waals surface area contributed by atoms with Gasteiger partial charge in [-0.15, -0.1) is 11.6 Å². The molecule has 14 heavy (non-hydrogen) atoms. The number of halogens is 1. The Bertz CT molecular complexity index is 339. The second-order valence-corrected chi connectivity index (χ2v) is 3.16. The molecule has 0 aliphatic carbocycles. The average molecular weight is 214 g/mol. The maximum absolute atomic E-state index is 11.1. The van der Waals surface area contributed by atoms with Crippen LogP contribution >= 0.6 is 11.6 Å². The van der Waals surface area contributed by atoms with Gasteiger partial charge in [-0.2, -0.15) is 0 Å². The van der Waals surface area contributed by atoms with Crippen molar-refractivity contribution in [3.8, 4) is 5.75 Å². The normalized spacial score (nSPS) is 9.86. The number of alkyl halides is 1. The summed E-state index contributed by atoms with van der Waals surface area (Å²) in [6.07, 6.45) is 0.262. The summed E-state index contributed by atoms with van der Waals surface area (Å²) in [7, 11) is 1.53. The van der Waals surface area contributed by atoms with E-state index in [-0.39, 0.29) is 18.1 Å². The number of Topliss-reactive ketones (excluding diaryl/α,β-unsaturated/α-hetero) is 1. The van der Waals surface area contributed by atoms with Crippen LogP contribution in [-0.4, -0.2) is 18.8 Å². The molecule has 1 aromatic rings. The number of hydrogen-bond acceptors (Lipinski definition) is 3. The predicted molar refractivity (Wildman–Crippen MR) is 56.8 cm³/mol. The highest BCUT2D eigenvalue weighted by atomic mass is 35.5. The van der Waals surface area contributed by atoms with E-state index >= 15 is 0 Å². The molecule has 76 valence electrons. The largest absolute Gasteiger partial charge is 0.494 e. The van der Waals surface area contributed by atoms with E-state index in [0.29, 0.717) is 11.4 Å². The number of para-hydroxylation sites is 1. The number of anilines is 1. The van der Waals surface area contributed by atoms with Gasteiger partial charge in [0.05, 0.1) is 18.7 Å². The third-order valence-electron chi connectivity index (χ3n) is 1.87. The second-order valence-electron chi connectivity index (χ2n) is 2.89. The van der Waals surface area contributed by atoms with E-state index in [1.807, 2.05) is 0 Å². The highest BCUT2D eigenvalue weighted by Gasteiger charge is 2.09. The quantitative estimate of drug-likeness (QED) is 0.611. The van der Waals surface area contributed by atoms with E-state index in [1.165, 1.54) is 7.11 Å². The van der Waals surface area contributed by atoms with Gasteiger partial charge in [-0.3, -0.25) is 4.79 Å². The van der Waals surface area contributed by atoms with Crippen LogP contribution in [-0.2, 0) is 11.2 Å². The number of rotatable bonds is 4. The van der Waals surface area contributed by atoms with Crippen LogP contribution in [0.1, 0.15) is 5.56 Å². The molecular weight excluding hydrogens is 202 g/mol. The minimum atomic E-state index is -0.0458. The van der Waals surface area contributed by atoms with E-state index in [2.05, 4.69) is 0 Å². The molecule has 0 amide bonds. The fourth-order valence-electron chi connectivity index (χ4n) is 1.25. The number of nitrogen functional groups attached to an aromatic ring is 1. The first kappa shape index (κ1) is 10.9. The number of carbonyl (C=O) groups is 1. The molecule has 0 aliphatic rings. The summed E-state index contributed by atoms with van der Waals surface area (Å²) in [6, 6.07) is 5.32. The van der Waals surface area contributed by atoms with Crippen LogP contribution < -0.4 is 10.5 Å². The summed E-state index contributed by atoms with van der Waals surface area (Å²) in [5.74, 6) is 0.527. The smallest absolute Gasteiger partial charge is 0.152 e. The molecular formula is C10H12ClNO2. The van der Waals surface area contributed by atoms with E-state index in [1.54, 1.807) is 18.2 Å². The number of ether oxygens (including phenoxy) is 1. The van der Waals surface area contributed by atoms with Crippen molar-refractivity contribution in [1.82, 2.24) is 0 Å². The molecule has 3 nitrogen and oxygen atoms in total. The Morgan fingerprint density at radius 3 is 2.86 bits per heavy atom. The van der Waals surface area contributed by atoms with E-state index in [9.17, 15) is 4.79 Å². The fourth-order valence-corrected chi connectivity index (χ4v) is 1.35. The molecule has 2 N–H and O–H groups in total. The lowest BCUT2D eigenvalue weighted by Crippen LogP contribution is -2.06. The van der Waals surface area contributed by atoms with Gasteiger partial charge < -0.3 is 10.5 Å². The van der Waals surface area contributed by atoms with Gasteiger partial charge in [-0.1, -0.05) is 12.1 Å². The molecule has 0 aromatic heterocycles. The summed E-state index contributed by atoms with van der Waals surface area (Å²) in [5.41, 5.74) is 6.99. The molecule has 1 rings (SSSR count). The Kier molecular flexibility index (Phi) is 3.77. The standard InChI is InChI=1S/C10H12ClNO2/c1-14-10-7(5-8(13)6-11)3-2-4-9(10)12/h2-4H,5-6,12H2,1H3. The molecule has 0 radical (unpaired) electrons. The SMILES string of the molecule is COc1c(N)cccc1CC(=O)CCl. The van der Waals surface area contributed by atoms with Crippen LogP contribution in [0, 0.1) is 0 Å². The Hall–Kier alpha value is -1.22. The zero-order chi connectivity index (χ0) is 10.6. The van der Waals surface area contributed by atoms with Crippen molar-refractivity contribution in [3.05, 3.63) is 23.8 Å². The van der Waals surface area contributed by atoms with Crippen molar-refractivity contribution >= 4 is 23.1 Å². The Morgan fingerprint density at radius 2 is 2.29 bits per heavy atom. The van der Waals surface area contributed by atoms with Crippen LogP contribution in [0.4, 0.5) is 5.69 Å². The van der Waals surface area contributed by atoms with Crippen molar-refractivity contribution in [3.63, 3.8) is 0 Å². The number of methoxy groups -OCH3 is 1. The molecule has 1 aromatic carbocycles. The lowest BCUT2D eigenvalue weighted by molar-refractivity contribution is -0.116. The summed E-state index contributed by atoms with van der Waals surface area (Å²) in [5, 5.41) is 0. The lowest BCUT2D eigenvalue weighted by atomic mass is 10.1. The molecule has 0 bridgehead atoms. The van der Waals surface area contributed by atoms with Gasteiger partial charge >= 0.3 is 0 Å². The minimum absolute atomic E-state index is 0.0119. The van der Waals surface area contributed by atoms with Crippen molar-refractivity contribution in [2.45, 2.75) is 6.42 Å². The number of nitrogens with two attached hydrogens (primary N) is 1. The number of hydrogen-bond donors (Lipinski definition) is 1. The molecule has 0 aliphatic heterocycles. The molecule has 0 fully saturated rings. The maximum Gasteiger partial charge on any atom is 0.152 e. The summed E-state index contributed by atoms with van der Waals surface area (Å²) in [6.45, 7) is 0. The first-order chi connectivity index (χ1) is 6.69. The lowest BCUT2D eigenvalue weighted by Gasteiger charge is -2.09. The molecule has 0 heterocycles. The second kappa shape index (κ2) is 4.86. The Balaban J connectivity index is 2.96. The van der Waals surface area contributed by atoms with Gasteiger partial charge in [0, 0.05) is 12.0 Å². The third kappa shape index (κ3) is 2.39. The monoisotopic (exact) mass is 213 g/mol. The van der Waals surface area contributed by atoms with Crippen molar-refractivity contribution in [2.24, 2.45) is 0 Å². The Morgan fingerprint density at radius 1 is 1.57 bits per heavy atom. The van der Waals surface area contributed by atoms with E-state index in [4.69, 9.17) is 22.1 Å². The summed E-state index contributed by atoms with van der Waals surface area (Å²) >= 11 is 5.42. The van der Waals surface area contributed by atoms with Gasteiger partial charge in [0.1, 0.15) is 5.75 Å². The van der Waals surface area contributed by atoms with Crippen molar-refractivity contribution in [2.75, 3.05) is 18.7 Å². The molecule has 0 atom stereocenters. The highest BCUT2D eigenvalue weighted by Crippen LogP contribution is 2.26. The first-order valence-electron chi connectivity index (χ1n) is 4.18. The maximum atomic E-state index is 11.1. The molecule has 0 unspecified atom stereocenters. The van der Waals surface area contributed by atoms with Gasteiger partial charge in [0.15, 0.2) is 5.78 Å². The topological polar surface area (TPSA) is 52.3 Å². The Labute approximate surface area is 87.8 Å². The zero-order valence-corrected chi connectivity index (χ0v) is 8.67. The van der Waals surface area contributed by atoms with Crippen LogP contribution in [0.2, 0.25) is 0 Å². The van der Waals surface area contributed by atoms with E-state index in [0.717, 1.165) is 5.56 Å². The third-order valence-corrected chi connectivity index (χ3v) is 2.17. The highest BCUT2D eigenvalue weighted by molar-refractivity contribution is 6.27. The average Bonchev–Trinajstić information content (AvgIpc) is 2.18. The summed E-state index contributed by atoms with van der Waals surface area (Å²) < 4.78 is 5.10. The van der Waals surface area contributed by atoms with Crippen LogP contribution in [0.3, 0.4) is 0 Å². The van der Waals surface area contributed by atoms with Gasteiger partial charge in [0.2, 0.25) is 0 Å². The molecule has 4 heteroatoms. The number of benzene rings is 1. The van der Waals surface area contributed by atoms with Gasteiger partial charge in [-0.05, 0) is 6.07 Å². The minimum Gasteiger partial charge on any atom is -0.494 e. The fraction of sp³-hybridized carbons (Fsp3) is 0.300. The van der Waals surface area contributed by atoms with E-state index < -0.39 is 0 Å². The molecule has 0 saturated heterocycles. The van der Waals surface area contributed by atoms with Crippen LogP contribution in [0.15, 0.2) is 18.2 Å². The van der Waals surface area contributed by atoms with Crippen LogP contribution in [0.5, 0.6) is 5.75 Å². The molecule has 0 saturated carbocycles. The number of ketones is 1.